The van der Waals surface area contributed by atoms with Gasteiger partial charge in [0.2, 0.25) is 0 Å². The maximum Gasteiger partial charge on any atom is 0.326 e. The highest BCUT2D eigenvalue weighted by Gasteiger charge is 2.33. The van der Waals surface area contributed by atoms with Crippen LogP contribution in [0.5, 0.6) is 0 Å². The summed E-state index contributed by atoms with van der Waals surface area (Å²) in [6.07, 6.45) is 2.67. The van der Waals surface area contributed by atoms with Crippen LogP contribution in [0.3, 0.4) is 0 Å². The first-order valence-electron chi connectivity index (χ1n) is 5.80. The van der Waals surface area contributed by atoms with Crippen molar-refractivity contribution >= 4 is 11.7 Å². The van der Waals surface area contributed by atoms with Gasteiger partial charge in [-0.05, 0) is 25.5 Å². The molecule has 0 radical (unpaired) electrons. The SMILES string of the molecule is CC(C)=CCN1c2ccccc2CC1C(=O)O. The van der Waals surface area contributed by atoms with Crippen molar-refractivity contribution in [3.8, 4) is 0 Å². The number of allylic oxidation sites excluding steroid dienone is 1. The maximum atomic E-state index is 11.3. The number of hydrogen-bond donors (Lipinski definition) is 1. The second kappa shape index (κ2) is 4.62. The van der Waals surface area contributed by atoms with Gasteiger partial charge in [-0.2, -0.15) is 0 Å². The van der Waals surface area contributed by atoms with E-state index in [-0.39, 0.29) is 0 Å². The van der Waals surface area contributed by atoms with E-state index < -0.39 is 12.0 Å². The van der Waals surface area contributed by atoms with Gasteiger partial charge in [-0.15, -0.1) is 0 Å². The molecule has 1 atom stereocenters. The number of rotatable bonds is 3. The van der Waals surface area contributed by atoms with Gasteiger partial charge in [0, 0.05) is 18.7 Å². The predicted molar refractivity (Wildman–Crippen MR) is 68.3 cm³/mol. The summed E-state index contributed by atoms with van der Waals surface area (Å²) in [7, 11) is 0. The zero-order chi connectivity index (χ0) is 12.4. The molecule has 3 nitrogen and oxygen atoms in total. The van der Waals surface area contributed by atoms with E-state index >= 15 is 0 Å². The van der Waals surface area contributed by atoms with Gasteiger partial charge in [-0.3, -0.25) is 0 Å². The number of para-hydroxylation sites is 1. The Morgan fingerprint density at radius 2 is 2.18 bits per heavy atom. The van der Waals surface area contributed by atoms with Crippen molar-refractivity contribution in [1.29, 1.82) is 0 Å². The van der Waals surface area contributed by atoms with Crippen LogP contribution in [0.2, 0.25) is 0 Å². The molecule has 0 saturated heterocycles. The van der Waals surface area contributed by atoms with Gasteiger partial charge in [0.1, 0.15) is 6.04 Å². The first-order chi connectivity index (χ1) is 8.09. The maximum absolute atomic E-state index is 11.3. The molecule has 90 valence electrons. The third-order valence-corrected chi connectivity index (χ3v) is 3.07. The molecule has 0 fully saturated rings. The van der Waals surface area contributed by atoms with Gasteiger partial charge in [-0.25, -0.2) is 4.79 Å². The van der Waals surface area contributed by atoms with Crippen molar-refractivity contribution in [2.45, 2.75) is 26.3 Å². The Hall–Kier alpha value is -1.77. The minimum Gasteiger partial charge on any atom is -0.480 e. The van der Waals surface area contributed by atoms with E-state index in [1.54, 1.807) is 0 Å². The highest BCUT2D eigenvalue weighted by molar-refractivity contribution is 5.82. The number of hydrogen-bond acceptors (Lipinski definition) is 2. The Morgan fingerprint density at radius 1 is 1.47 bits per heavy atom. The summed E-state index contributed by atoms with van der Waals surface area (Å²) in [4.78, 5) is 13.2. The molecule has 0 amide bonds. The number of carbonyl (C=O) groups is 1. The highest BCUT2D eigenvalue weighted by atomic mass is 16.4. The fourth-order valence-electron chi connectivity index (χ4n) is 2.18. The molecule has 0 bridgehead atoms. The van der Waals surface area contributed by atoms with Crippen molar-refractivity contribution in [2.24, 2.45) is 0 Å². The van der Waals surface area contributed by atoms with Crippen LogP contribution in [-0.2, 0) is 11.2 Å². The molecule has 1 unspecified atom stereocenters. The van der Waals surface area contributed by atoms with Crippen molar-refractivity contribution in [1.82, 2.24) is 0 Å². The van der Waals surface area contributed by atoms with Gasteiger partial charge in [0.15, 0.2) is 0 Å². The molecule has 1 aromatic carbocycles. The first-order valence-corrected chi connectivity index (χ1v) is 5.80. The average Bonchev–Trinajstić information content (AvgIpc) is 2.65. The molecule has 17 heavy (non-hydrogen) atoms. The van der Waals surface area contributed by atoms with Gasteiger partial charge in [-0.1, -0.05) is 29.8 Å². The molecule has 1 aliphatic rings. The zero-order valence-corrected chi connectivity index (χ0v) is 10.2. The number of fused-ring (bicyclic) bond motifs is 1. The van der Waals surface area contributed by atoms with E-state index in [0.717, 1.165) is 11.3 Å². The van der Waals surface area contributed by atoms with Crippen LogP contribution in [0, 0.1) is 0 Å². The fraction of sp³-hybridized carbons (Fsp3) is 0.357. The normalized spacial score (nSPS) is 17.8. The second-order valence-electron chi connectivity index (χ2n) is 4.62. The predicted octanol–water partition coefficient (Wildman–Crippen LogP) is 2.47. The van der Waals surface area contributed by atoms with Crippen LogP contribution < -0.4 is 4.90 Å². The first kappa shape index (κ1) is 11.7. The molecule has 0 aliphatic carbocycles. The highest BCUT2D eigenvalue weighted by Crippen LogP contribution is 2.31. The molecule has 0 spiro atoms. The van der Waals surface area contributed by atoms with Gasteiger partial charge in [0.25, 0.3) is 0 Å². The van der Waals surface area contributed by atoms with E-state index in [9.17, 15) is 9.90 Å². The Labute approximate surface area is 101 Å². The Morgan fingerprint density at radius 3 is 2.82 bits per heavy atom. The number of carboxylic acids is 1. The van der Waals surface area contributed by atoms with Crippen molar-refractivity contribution in [2.75, 3.05) is 11.4 Å². The van der Waals surface area contributed by atoms with E-state index in [2.05, 4.69) is 6.08 Å². The lowest BCUT2D eigenvalue weighted by Crippen LogP contribution is -2.38. The molecule has 1 aromatic rings. The summed E-state index contributed by atoms with van der Waals surface area (Å²) in [5.41, 5.74) is 3.39. The van der Waals surface area contributed by atoms with Crippen LogP contribution in [0.1, 0.15) is 19.4 Å². The number of aliphatic carboxylic acids is 1. The van der Waals surface area contributed by atoms with Crippen LogP contribution >= 0.6 is 0 Å². The summed E-state index contributed by atoms with van der Waals surface area (Å²) in [5.74, 6) is -0.747. The quantitative estimate of drug-likeness (QED) is 0.812. The van der Waals surface area contributed by atoms with E-state index in [1.165, 1.54) is 5.57 Å². The molecular weight excluding hydrogens is 214 g/mol. The fourth-order valence-corrected chi connectivity index (χ4v) is 2.18. The second-order valence-corrected chi connectivity index (χ2v) is 4.62. The number of anilines is 1. The van der Waals surface area contributed by atoms with Crippen LogP contribution in [-0.4, -0.2) is 23.7 Å². The van der Waals surface area contributed by atoms with E-state index in [0.29, 0.717) is 13.0 Å². The van der Waals surface area contributed by atoms with Gasteiger partial charge in [0.05, 0.1) is 0 Å². The standard InChI is InChI=1S/C14H17NO2/c1-10(2)7-8-15-12-6-4-3-5-11(12)9-13(15)14(16)17/h3-7,13H,8-9H2,1-2H3,(H,16,17). The van der Waals surface area contributed by atoms with Crippen molar-refractivity contribution in [3.05, 3.63) is 41.5 Å². The number of carboxylic acid groups (broad SMARTS) is 1. The molecular formula is C14H17NO2. The lowest BCUT2D eigenvalue weighted by Gasteiger charge is -2.23. The zero-order valence-electron chi connectivity index (χ0n) is 10.2. The minimum absolute atomic E-state index is 0.428. The monoisotopic (exact) mass is 231 g/mol. The van der Waals surface area contributed by atoms with E-state index in [1.807, 2.05) is 43.0 Å². The Bertz CT molecular complexity index is 461. The van der Waals surface area contributed by atoms with Crippen molar-refractivity contribution < 1.29 is 9.90 Å². The summed E-state index contributed by atoms with van der Waals surface area (Å²) in [5, 5.41) is 9.26. The van der Waals surface area contributed by atoms with Crippen LogP contribution in [0.15, 0.2) is 35.9 Å². The van der Waals surface area contributed by atoms with Gasteiger partial charge >= 0.3 is 5.97 Å². The molecule has 1 N–H and O–H groups in total. The minimum atomic E-state index is -0.747. The molecule has 0 aromatic heterocycles. The topological polar surface area (TPSA) is 40.5 Å². The molecule has 0 saturated carbocycles. The summed E-state index contributed by atoms with van der Waals surface area (Å²) in [6, 6.07) is 7.49. The molecule has 2 rings (SSSR count). The van der Waals surface area contributed by atoms with Gasteiger partial charge < -0.3 is 10.0 Å². The smallest absolute Gasteiger partial charge is 0.326 e. The van der Waals surface area contributed by atoms with Crippen LogP contribution in [0.25, 0.3) is 0 Å². The summed E-state index contributed by atoms with van der Waals surface area (Å²) >= 11 is 0. The summed E-state index contributed by atoms with van der Waals surface area (Å²) in [6.45, 7) is 4.71. The summed E-state index contributed by atoms with van der Waals surface area (Å²) < 4.78 is 0. The third kappa shape index (κ3) is 2.33. The number of nitrogens with zero attached hydrogens (tertiary/aromatic N) is 1. The Kier molecular flexibility index (Phi) is 3.18. The largest absolute Gasteiger partial charge is 0.480 e. The van der Waals surface area contributed by atoms with E-state index in [4.69, 9.17) is 0 Å². The third-order valence-electron chi connectivity index (χ3n) is 3.07. The van der Waals surface area contributed by atoms with Crippen LogP contribution in [0.4, 0.5) is 5.69 Å². The number of benzene rings is 1. The average molecular weight is 231 g/mol. The molecule has 1 heterocycles. The lowest BCUT2D eigenvalue weighted by atomic mass is 10.1. The molecule has 1 aliphatic heterocycles. The Balaban J connectivity index is 2.30. The van der Waals surface area contributed by atoms with Crippen molar-refractivity contribution in [3.63, 3.8) is 0 Å². The molecule has 3 heteroatoms. The lowest BCUT2D eigenvalue weighted by molar-refractivity contribution is -0.138.